The Morgan fingerprint density at radius 2 is 2.13 bits per heavy atom. The predicted octanol–water partition coefficient (Wildman–Crippen LogP) is 2.83. The minimum Gasteiger partial charge on any atom is -0.385 e. The van der Waals surface area contributed by atoms with Crippen molar-refractivity contribution in [2.75, 3.05) is 26.8 Å². The van der Waals surface area contributed by atoms with E-state index in [0.717, 1.165) is 12.5 Å². The Morgan fingerprint density at radius 1 is 1.40 bits per heavy atom. The molecule has 90 valence electrons. The van der Waals surface area contributed by atoms with Crippen LogP contribution in [0.5, 0.6) is 0 Å². The summed E-state index contributed by atoms with van der Waals surface area (Å²) in [5.41, 5.74) is 0.591. The second-order valence-corrected chi connectivity index (χ2v) is 5.08. The van der Waals surface area contributed by atoms with Gasteiger partial charge in [-0.1, -0.05) is 20.3 Å². The first kappa shape index (κ1) is 13.0. The van der Waals surface area contributed by atoms with Crippen LogP contribution in [-0.2, 0) is 4.74 Å². The van der Waals surface area contributed by atoms with Crippen molar-refractivity contribution in [1.29, 1.82) is 0 Å². The summed E-state index contributed by atoms with van der Waals surface area (Å²) in [5, 5.41) is 3.59. The van der Waals surface area contributed by atoms with Crippen molar-refractivity contribution >= 4 is 0 Å². The molecule has 2 heteroatoms. The van der Waals surface area contributed by atoms with E-state index in [-0.39, 0.29) is 0 Å². The maximum absolute atomic E-state index is 5.18. The Morgan fingerprint density at radius 3 is 2.60 bits per heavy atom. The molecule has 0 saturated heterocycles. The fraction of sp³-hybridized carbons (Fsp3) is 1.00. The smallest absolute Gasteiger partial charge is 0.0465 e. The molecule has 1 fully saturated rings. The zero-order valence-electron chi connectivity index (χ0n) is 10.6. The van der Waals surface area contributed by atoms with Gasteiger partial charge in [-0.05, 0) is 43.6 Å². The normalized spacial score (nSPS) is 21.0. The third-order valence-corrected chi connectivity index (χ3v) is 4.05. The molecule has 0 aromatic carbocycles. The quantitative estimate of drug-likeness (QED) is 0.626. The SMILES string of the molecule is CCCNCC1(C(C)CCOC)CCC1. The number of rotatable bonds is 8. The van der Waals surface area contributed by atoms with E-state index in [1.165, 1.54) is 45.2 Å². The largest absolute Gasteiger partial charge is 0.385 e. The molecule has 0 heterocycles. The molecule has 1 N–H and O–H groups in total. The van der Waals surface area contributed by atoms with Gasteiger partial charge in [0.1, 0.15) is 0 Å². The summed E-state index contributed by atoms with van der Waals surface area (Å²) >= 11 is 0. The van der Waals surface area contributed by atoms with Crippen LogP contribution in [0.2, 0.25) is 0 Å². The molecular weight excluding hydrogens is 186 g/mol. The fourth-order valence-corrected chi connectivity index (χ4v) is 2.59. The molecule has 2 nitrogen and oxygen atoms in total. The van der Waals surface area contributed by atoms with Crippen LogP contribution in [0.1, 0.15) is 46.0 Å². The van der Waals surface area contributed by atoms with E-state index in [4.69, 9.17) is 4.74 Å². The van der Waals surface area contributed by atoms with Crippen molar-refractivity contribution in [1.82, 2.24) is 5.32 Å². The number of hydrogen-bond donors (Lipinski definition) is 1. The van der Waals surface area contributed by atoms with Crippen LogP contribution in [0.15, 0.2) is 0 Å². The summed E-state index contributed by atoms with van der Waals surface area (Å²) in [6.45, 7) is 7.92. The van der Waals surface area contributed by atoms with Gasteiger partial charge in [-0.25, -0.2) is 0 Å². The molecule has 0 radical (unpaired) electrons. The van der Waals surface area contributed by atoms with E-state index in [2.05, 4.69) is 19.2 Å². The molecule has 0 amide bonds. The summed E-state index contributed by atoms with van der Waals surface area (Å²) in [6.07, 6.45) is 6.70. The Labute approximate surface area is 94.8 Å². The summed E-state index contributed by atoms with van der Waals surface area (Å²) < 4.78 is 5.18. The molecule has 1 rings (SSSR count). The van der Waals surface area contributed by atoms with E-state index < -0.39 is 0 Å². The molecule has 0 bridgehead atoms. The minimum atomic E-state index is 0.591. The van der Waals surface area contributed by atoms with E-state index in [0.29, 0.717) is 5.41 Å². The van der Waals surface area contributed by atoms with Gasteiger partial charge in [-0.15, -0.1) is 0 Å². The lowest BCUT2D eigenvalue weighted by Crippen LogP contribution is -2.45. The Bertz CT molecular complexity index is 166. The first-order chi connectivity index (χ1) is 7.25. The van der Waals surface area contributed by atoms with Crippen LogP contribution in [0.4, 0.5) is 0 Å². The maximum Gasteiger partial charge on any atom is 0.0465 e. The molecule has 0 spiro atoms. The molecule has 0 aromatic heterocycles. The van der Waals surface area contributed by atoms with Gasteiger partial charge < -0.3 is 10.1 Å². The molecular formula is C13H27NO. The van der Waals surface area contributed by atoms with Crippen molar-refractivity contribution in [2.45, 2.75) is 46.0 Å². The van der Waals surface area contributed by atoms with Gasteiger partial charge in [-0.2, -0.15) is 0 Å². The monoisotopic (exact) mass is 213 g/mol. The Balaban J connectivity index is 2.30. The minimum absolute atomic E-state index is 0.591. The predicted molar refractivity (Wildman–Crippen MR) is 65.1 cm³/mol. The number of ether oxygens (including phenoxy) is 1. The topological polar surface area (TPSA) is 21.3 Å². The Kier molecular flexibility index (Phi) is 5.62. The van der Waals surface area contributed by atoms with Crippen LogP contribution in [-0.4, -0.2) is 26.8 Å². The van der Waals surface area contributed by atoms with Gasteiger partial charge in [0.15, 0.2) is 0 Å². The molecule has 1 aliphatic rings. The molecule has 1 aliphatic carbocycles. The van der Waals surface area contributed by atoms with Crippen molar-refractivity contribution in [2.24, 2.45) is 11.3 Å². The summed E-state index contributed by atoms with van der Waals surface area (Å²) in [7, 11) is 1.80. The zero-order valence-corrected chi connectivity index (χ0v) is 10.6. The van der Waals surface area contributed by atoms with Gasteiger partial charge in [0, 0.05) is 20.3 Å². The molecule has 0 aromatic rings. The lowest BCUT2D eigenvalue weighted by Gasteiger charge is -2.47. The lowest BCUT2D eigenvalue weighted by molar-refractivity contribution is 0.0374. The van der Waals surface area contributed by atoms with E-state index >= 15 is 0 Å². The number of nitrogens with one attached hydrogen (secondary N) is 1. The first-order valence-electron chi connectivity index (χ1n) is 6.45. The molecule has 1 saturated carbocycles. The average Bonchev–Trinajstić information content (AvgIpc) is 2.18. The highest BCUT2D eigenvalue weighted by Crippen LogP contribution is 2.47. The van der Waals surface area contributed by atoms with Gasteiger partial charge in [0.2, 0.25) is 0 Å². The molecule has 1 unspecified atom stereocenters. The van der Waals surface area contributed by atoms with Gasteiger partial charge in [0.05, 0.1) is 0 Å². The van der Waals surface area contributed by atoms with Crippen molar-refractivity contribution < 1.29 is 4.74 Å². The molecule has 1 atom stereocenters. The van der Waals surface area contributed by atoms with E-state index in [1.54, 1.807) is 7.11 Å². The van der Waals surface area contributed by atoms with Gasteiger partial charge in [-0.3, -0.25) is 0 Å². The molecule has 15 heavy (non-hydrogen) atoms. The lowest BCUT2D eigenvalue weighted by atomic mass is 9.60. The van der Waals surface area contributed by atoms with Crippen molar-refractivity contribution in [3.05, 3.63) is 0 Å². The highest BCUT2D eigenvalue weighted by atomic mass is 16.5. The summed E-state index contributed by atoms with van der Waals surface area (Å²) in [6, 6.07) is 0. The maximum atomic E-state index is 5.18. The third-order valence-electron chi connectivity index (χ3n) is 4.05. The summed E-state index contributed by atoms with van der Waals surface area (Å²) in [5.74, 6) is 0.801. The average molecular weight is 213 g/mol. The van der Waals surface area contributed by atoms with Crippen molar-refractivity contribution in [3.63, 3.8) is 0 Å². The van der Waals surface area contributed by atoms with Crippen molar-refractivity contribution in [3.8, 4) is 0 Å². The highest BCUT2D eigenvalue weighted by Gasteiger charge is 2.40. The van der Waals surface area contributed by atoms with Gasteiger partial charge >= 0.3 is 0 Å². The van der Waals surface area contributed by atoms with Crippen LogP contribution in [0, 0.1) is 11.3 Å². The number of hydrogen-bond acceptors (Lipinski definition) is 2. The number of methoxy groups -OCH3 is 1. The first-order valence-corrected chi connectivity index (χ1v) is 6.45. The second kappa shape index (κ2) is 6.49. The summed E-state index contributed by atoms with van der Waals surface area (Å²) in [4.78, 5) is 0. The van der Waals surface area contributed by atoms with E-state index in [1.807, 2.05) is 0 Å². The standard InChI is InChI=1S/C13H27NO/c1-4-9-14-11-13(7-5-8-13)12(2)6-10-15-3/h12,14H,4-11H2,1-3H3. The Hall–Kier alpha value is -0.0800. The zero-order chi connectivity index (χ0) is 11.1. The van der Waals surface area contributed by atoms with Crippen LogP contribution in [0.3, 0.4) is 0 Å². The molecule has 0 aliphatic heterocycles. The van der Waals surface area contributed by atoms with E-state index in [9.17, 15) is 0 Å². The van der Waals surface area contributed by atoms with Crippen LogP contribution >= 0.6 is 0 Å². The fourth-order valence-electron chi connectivity index (χ4n) is 2.59. The third kappa shape index (κ3) is 3.46. The van der Waals surface area contributed by atoms with Crippen LogP contribution < -0.4 is 5.32 Å². The highest BCUT2D eigenvalue weighted by molar-refractivity contribution is 4.93. The second-order valence-electron chi connectivity index (χ2n) is 5.08. The van der Waals surface area contributed by atoms with Gasteiger partial charge in [0.25, 0.3) is 0 Å². The van der Waals surface area contributed by atoms with Crippen LogP contribution in [0.25, 0.3) is 0 Å².